The van der Waals surface area contributed by atoms with Crippen molar-refractivity contribution in [2.75, 3.05) is 32.8 Å². The van der Waals surface area contributed by atoms with Crippen molar-refractivity contribution < 1.29 is 18.7 Å². The van der Waals surface area contributed by atoms with Gasteiger partial charge in [0.25, 0.3) is 0 Å². The van der Waals surface area contributed by atoms with Crippen LogP contribution in [0.3, 0.4) is 0 Å². The molecule has 2 heterocycles. The van der Waals surface area contributed by atoms with E-state index in [2.05, 4.69) is 15.9 Å². The van der Waals surface area contributed by atoms with Gasteiger partial charge in [-0.25, -0.2) is 4.39 Å². The number of carbonyl (C=O) groups is 2. The number of hydrogen-bond donors (Lipinski definition) is 0. The Morgan fingerprint density at radius 2 is 1.96 bits per heavy atom. The maximum Gasteiger partial charge on any atom is 0.247 e. The molecule has 1 aromatic carbocycles. The fraction of sp³-hybridized carbons (Fsp3) is 0.474. The summed E-state index contributed by atoms with van der Waals surface area (Å²) in [6, 6.07) is 4.13. The van der Waals surface area contributed by atoms with Gasteiger partial charge in [-0.15, -0.1) is 0 Å². The van der Waals surface area contributed by atoms with Crippen LogP contribution in [0.15, 0.2) is 28.7 Å². The fourth-order valence-corrected chi connectivity index (χ4v) is 3.72. The van der Waals surface area contributed by atoms with E-state index in [0.717, 1.165) is 17.3 Å². The summed E-state index contributed by atoms with van der Waals surface area (Å²) in [5.41, 5.74) is 0.334. The Balaban J connectivity index is 1.72. The lowest BCUT2D eigenvalue weighted by atomic mass is 10.00. The predicted molar refractivity (Wildman–Crippen MR) is 99.9 cm³/mol. The Morgan fingerprint density at radius 1 is 1.19 bits per heavy atom. The third kappa shape index (κ3) is 4.51. The Bertz CT molecular complexity index is 704. The van der Waals surface area contributed by atoms with Crippen LogP contribution in [0.4, 0.5) is 4.39 Å². The average molecular weight is 425 g/mol. The average Bonchev–Trinajstić information content (AvgIpc) is 2.68. The van der Waals surface area contributed by atoms with Crippen LogP contribution < -0.4 is 0 Å². The molecule has 0 aromatic heterocycles. The molecule has 2 aliphatic rings. The summed E-state index contributed by atoms with van der Waals surface area (Å²) in [6.07, 6.45) is 5.29. The molecular formula is C19H22BrFN2O3. The molecule has 2 fully saturated rings. The van der Waals surface area contributed by atoms with E-state index in [-0.39, 0.29) is 11.8 Å². The minimum atomic E-state index is -0.439. The highest BCUT2D eigenvalue weighted by molar-refractivity contribution is 9.10. The quantitative estimate of drug-likeness (QED) is 0.700. The third-order valence-corrected chi connectivity index (χ3v) is 5.25. The zero-order valence-electron chi connectivity index (χ0n) is 14.5. The largest absolute Gasteiger partial charge is 0.378 e. The van der Waals surface area contributed by atoms with Crippen LogP contribution in [-0.4, -0.2) is 60.5 Å². The molecule has 0 bridgehead atoms. The monoisotopic (exact) mass is 424 g/mol. The van der Waals surface area contributed by atoms with Crippen LogP contribution in [-0.2, 0) is 14.3 Å². The Labute approximate surface area is 160 Å². The smallest absolute Gasteiger partial charge is 0.247 e. The first kappa shape index (κ1) is 19.0. The highest BCUT2D eigenvalue weighted by atomic mass is 79.9. The lowest BCUT2D eigenvalue weighted by Crippen LogP contribution is -2.54. The number of nitrogens with zero attached hydrogens (tertiary/aromatic N) is 2. The predicted octanol–water partition coefficient (Wildman–Crippen LogP) is 2.84. The Hall–Kier alpha value is -1.73. The van der Waals surface area contributed by atoms with Gasteiger partial charge in [0, 0.05) is 35.7 Å². The molecule has 0 saturated carbocycles. The minimum absolute atomic E-state index is 0.0108. The van der Waals surface area contributed by atoms with Gasteiger partial charge in [0.05, 0.1) is 13.2 Å². The highest BCUT2D eigenvalue weighted by Gasteiger charge is 2.34. The number of benzene rings is 1. The molecule has 2 aliphatic heterocycles. The van der Waals surface area contributed by atoms with Crippen molar-refractivity contribution in [1.29, 1.82) is 0 Å². The molecule has 0 N–H and O–H groups in total. The molecule has 2 amide bonds. The first-order valence-electron chi connectivity index (χ1n) is 8.86. The van der Waals surface area contributed by atoms with Gasteiger partial charge in [-0.05, 0) is 43.5 Å². The Kier molecular flexibility index (Phi) is 6.43. The van der Waals surface area contributed by atoms with E-state index in [4.69, 9.17) is 4.74 Å². The van der Waals surface area contributed by atoms with Gasteiger partial charge in [0.1, 0.15) is 11.9 Å². The molecule has 5 nitrogen and oxygen atoms in total. The van der Waals surface area contributed by atoms with Crippen LogP contribution in [0.25, 0.3) is 6.08 Å². The van der Waals surface area contributed by atoms with Crippen LogP contribution >= 0.6 is 15.9 Å². The second-order valence-corrected chi connectivity index (χ2v) is 7.40. The molecule has 0 unspecified atom stereocenters. The maximum atomic E-state index is 13.8. The molecule has 0 radical (unpaired) electrons. The van der Waals surface area contributed by atoms with E-state index < -0.39 is 11.9 Å². The highest BCUT2D eigenvalue weighted by Crippen LogP contribution is 2.21. The summed E-state index contributed by atoms with van der Waals surface area (Å²) in [5.74, 6) is -0.657. The fourth-order valence-electron chi connectivity index (χ4n) is 3.35. The molecule has 140 valence electrons. The van der Waals surface area contributed by atoms with Crippen molar-refractivity contribution in [3.63, 3.8) is 0 Å². The van der Waals surface area contributed by atoms with Gasteiger partial charge in [0.2, 0.25) is 11.8 Å². The summed E-state index contributed by atoms with van der Waals surface area (Å²) >= 11 is 3.30. The number of amides is 2. The second-order valence-electron chi connectivity index (χ2n) is 6.48. The third-order valence-electron chi connectivity index (χ3n) is 4.76. The second kappa shape index (κ2) is 8.77. The van der Waals surface area contributed by atoms with E-state index >= 15 is 0 Å². The first-order valence-corrected chi connectivity index (χ1v) is 9.66. The van der Waals surface area contributed by atoms with Gasteiger partial charge in [-0.1, -0.05) is 15.9 Å². The summed E-state index contributed by atoms with van der Waals surface area (Å²) in [5, 5.41) is 0. The van der Waals surface area contributed by atoms with Crippen LogP contribution in [0.1, 0.15) is 24.8 Å². The van der Waals surface area contributed by atoms with Gasteiger partial charge in [0.15, 0.2) is 0 Å². The van der Waals surface area contributed by atoms with E-state index in [1.165, 1.54) is 18.2 Å². The van der Waals surface area contributed by atoms with E-state index in [0.29, 0.717) is 44.8 Å². The standard InChI is InChI=1S/C19H22BrFN2O3/c20-15-5-6-16(21)14(13-15)4-7-18(24)23-8-2-1-3-17(23)19(25)22-9-11-26-12-10-22/h4-7,13,17H,1-3,8-12H2/b7-4+/t17-/m0/s1. The molecule has 1 aromatic rings. The van der Waals surface area contributed by atoms with E-state index in [1.807, 2.05) is 0 Å². The zero-order chi connectivity index (χ0) is 18.5. The van der Waals surface area contributed by atoms with Crippen molar-refractivity contribution in [1.82, 2.24) is 9.80 Å². The van der Waals surface area contributed by atoms with Gasteiger partial charge in [-0.3, -0.25) is 9.59 Å². The van der Waals surface area contributed by atoms with Crippen LogP contribution in [0.2, 0.25) is 0 Å². The van der Waals surface area contributed by atoms with Gasteiger partial charge in [-0.2, -0.15) is 0 Å². The molecule has 2 saturated heterocycles. The van der Waals surface area contributed by atoms with E-state index in [1.54, 1.807) is 21.9 Å². The molecule has 0 aliphatic carbocycles. The number of carbonyl (C=O) groups excluding carboxylic acids is 2. The van der Waals surface area contributed by atoms with E-state index in [9.17, 15) is 14.0 Å². The van der Waals surface area contributed by atoms with Gasteiger partial charge >= 0.3 is 0 Å². The van der Waals surface area contributed by atoms with Crippen LogP contribution in [0.5, 0.6) is 0 Å². The molecule has 1 atom stereocenters. The topological polar surface area (TPSA) is 49.9 Å². The normalized spacial score (nSPS) is 21.2. The number of rotatable bonds is 3. The lowest BCUT2D eigenvalue weighted by molar-refractivity contribution is -0.148. The van der Waals surface area contributed by atoms with Crippen molar-refractivity contribution in [3.8, 4) is 0 Å². The summed E-state index contributed by atoms with van der Waals surface area (Å²) < 4.78 is 19.9. The number of likely N-dealkylation sites (tertiary alicyclic amines) is 1. The summed E-state index contributed by atoms with van der Waals surface area (Å²) in [6.45, 7) is 2.75. The van der Waals surface area contributed by atoms with Crippen molar-refractivity contribution >= 4 is 33.8 Å². The number of halogens is 2. The molecular weight excluding hydrogens is 403 g/mol. The zero-order valence-corrected chi connectivity index (χ0v) is 16.1. The molecule has 0 spiro atoms. The van der Waals surface area contributed by atoms with Crippen LogP contribution in [0, 0.1) is 5.82 Å². The van der Waals surface area contributed by atoms with Crippen molar-refractivity contribution in [2.45, 2.75) is 25.3 Å². The maximum absolute atomic E-state index is 13.8. The first-order chi connectivity index (χ1) is 12.6. The summed E-state index contributed by atoms with van der Waals surface area (Å²) in [7, 11) is 0. The number of ether oxygens (including phenoxy) is 1. The Morgan fingerprint density at radius 3 is 2.73 bits per heavy atom. The van der Waals surface area contributed by atoms with Gasteiger partial charge < -0.3 is 14.5 Å². The molecule has 26 heavy (non-hydrogen) atoms. The summed E-state index contributed by atoms with van der Waals surface area (Å²) in [4.78, 5) is 28.9. The number of piperidine rings is 1. The number of morpholine rings is 1. The van der Waals surface area contributed by atoms with Crippen molar-refractivity contribution in [2.24, 2.45) is 0 Å². The molecule has 3 rings (SSSR count). The minimum Gasteiger partial charge on any atom is -0.378 e. The molecule has 7 heteroatoms. The number of hydrogen-bond acceptors (Lipinski definition) is 3. The van der Waals surface area contributed by atoms with Crippen molar-refractivity contribution in [3.05, 3.63) is 40.1 Å². The lowest BCUT2D eigenvalue weighted by Gasteiger charge is -2.38. The SMILES string of the molecule is O=C([C@@H]1CCCCN1C(=O)/C=C/c1cc(Br)ccc1F)N1CCOCC1.